The summed E-state index contributed by atoms with van der Waals surface area (Å²) in [6.07, 6.45) is 25.3. The molecule has 7 aromatic heterocycles. The highest BCUT2D eigenvalue weighted by atomic mass is 14.7. The van der Waals surface area contributed by atoms with Crippen molar-refractivity contribution < 1.29 is 0 Å². The molecule has 7 aliphatic carbocycles. The van der Waals surface area contributed by atoms with Crippen molar-refractivity contribution in [3.63, 3.8) is 0 Å². The molecule has 14 aromatic rings. The number of benzene rings is 7. The van der Waals surface area contributed by atoms with Gasteiger partial charge in [0.25, 0.3) is 0 Å². The van der Waals surface area contributed by atoms with E-state index < -0.39 is 0 Å². The van der Waals surface area contributed by atoms with Gasteiger partial charge in [0.05, 0.1) is 0 Å². The maximum absolute atomic E-state index is 4.49. The molecule has 0 amide bonds. The molecule has 0 atom stereocenters. The second kappa shape index (κ2) is 32.4. The van der Waals surface area contributed by atoms with Gasteiger partial charge in [-0.15, -0.1) is 0 Å². The average molecular weight is 1560 g/mol. The highest BCUT2D eigenvalue weighted by molar-refractivity contribution is 5.87. The Bertz CT molecular complexity index is 6560. The molecule has 0 unspecified atom stereocenters. The van der Waals surface area contributed by atoms with Crippen molar-refractivity contribution >= 4 is 0 Å². The van der Waals surface area contributed by atoms with E-state index in [2.05, 4.69) is 302 Å². The van der Waals surface area contributed by atoms with Crippen LogP contribution in [-0.4, -0.2) is 34.9 Å². The van der Waals surface area contributed by atoms with Crippen molar-refractivity contribution in [2.45, 2.75) is 239 Å². The van der Waals surface area contributed by atoms with Crippen LogP contribution in [0.25, 0.3) is 77.9 Å². The molecular weight excluding hydrogens is 1440 g/mol. The summed E-state index contributed by atoms with van der Waals surface area (Å²) >= 11 is 0. The van der Waals surface area contributed by atoms with E-state index in [4.69, 9.17) is 0 Å². The summed E-state index contributed by atoms with van der Waals surface area (Å²) < 4.78 is 0. The summed E-state index contributed by atoms with van der Waals surface area (Å²) in [5.41, 5.74) is 78.2. The summed E-state index contributed by atoms with van der Waals surface area (Å²) in [6, 6.07) is 27.2. The van der Waals surface area contributed by atoms with E-state index in [1.165, 1.54) is 295 Å². The van der Waals surface area contributed by atoms with Crippen molar-refractivity contribution in [1.29, 1.82) is 0 Å². The Hall–Kier alpha value is -11.4. The summed E-state index contributed by atoms with van der Waals surface area (Å²) in [5.74, 6) is 0. The van der Waals surface area contributed by atoms with Crippen LogP contribution in [0.1, 0.15) is 234 Å². The van der Waals surface area contributed by atoms with Gasteiger partial charge in [0.2, 0.25) is 0 Å². The van der Waals surface area contributed by atoms with E-state index in [-0.39, 0.29) is 0 Å². The first-order valence-electron chi connectivity index (χ1n) is 42.9. The predicted octanol–water partition coefficient (Wildman–Crippen LogP) is 27.2. The van der Waals surface area contributed by atoms with E-state index in [0.717, 1.165) is 62.0 Å². The highest BCUT2D eigenvalue weighted by Crippen LogP contribution is 2.49. The molecule has 7 aliphatic rings. The van der Waals surface area contributed by atoms with Crippen molar-refractivity contribution in [2.75, 3.05) is 0 Å². The molecule has 21 rings (SSSR count). The third kappa shape index (κ3) is 14.8. The number of fused-ring (bicyclic) bond motifs is 21. The Morgan fingerprint density at radius 2 is 0.538 bits per heavy atom. The fraction of sp³-hybridized carbons (Fsp3) is 0.312. The zero-order chi connectivity index (χ0) is 85.1. The van der Waals surface area contributed by atoms with E-state index in [1.54, 1.807) is 0 Å². The molecule has 7 heteroatoms. The summed E-state index contributed by atoms with van der Waals surface area (Å²) in [4.78, 5) is 30.8. The lowest BCUT2D eigenvalue weighted by molar-refractivity contribution is 1.10. The van der Waals surface area contributed by atoms with Crippen LogP contribution >= 0.6 is 0 Å². The van der Waals surface area contributed by atoms with Crippen LogP contribution in [0, 0.1) is 194 Å². The van der Waals surface area contributed by atoms with Crippen LogP contribution in [0.3, 0.4) is 0 Å². The lowest BCUT2D eigenvalue weighted by Crippen LogP contribution is -1.94. The molecular formula is C112H119N7. The van der Waals surface area contributed by atoms with Gasteiger partial charge in [-0.3, -0.25) is 34.9 Å². The standard InChI is InChI=1S/7C16H17N/c1-9-5-15-14(12(4)11(9)3)6-13-8-17-7-10(2)16(13)15;1-9-5-16-14(12(4)11(9)3)7-13-8-17-10(2)6-15(13)16;1-9-5-10(2)16-14(12(9)4)6-13-8-17-7-11(3)15(13)16;1-9-5-10(2)16-14(12(9)4)7-13-8-17-11(3)6-15(13)16;1-9-7-16-13-5-6-17-12(4)15(13)8-14(16)11(3)10(9)2;1-9-7-10(2)16-13-5-6-17-12(4)15(13)8-14(16)11(9)3;1-9-5-6-14-15(10(9)2)7-13-8-17-12(4)11(3)16(13)14/h5,7-8H,6H2,1-4H3;5-6,8H,7H2,1-4H3;5,7-8H,6H2,1-4H3;5-6,8H,7H2,1-4H3;2*5-7H,8H2,1-4H3;5-6,8H,7H2,1-4H3. The van der Waals surface area contributed by atoms with Crippen LogP contribution in [0.2, 0.25) is 0 Å². The van der Waals surface area contributed by atoms with Crippen molar-refractivity contribution in [3.8, 4) is 77.9 Å². The minimum atomic E-state index is 1.05. The Labute approximate surface area is 709 Å². The van der Waals surface area contributed by atoms with E-state index in [9.17, 15) is 0 Å². The molecule has 0 radical (unpaired) electrons. The minimum absolute atomic E-state index is 1.05. The van der Waals surface area contributed by atoms with Gasteiger partial charge in [0, 0.05) is 129 Å². The Kier molecular flexibility index (Phi) is 22.5. The largest absolute Gasteiger partial charge is 0.264 e. The number of rotatable bonds is 0. The number of pyridine rings is 7. The number of aromatic nitrogens is 7. The van der Waals surface area contributed by atoms with Crippen molar-refractivity contribution in [2.24, 2.45) is 0 Å². The average Bonchev–Trinajstić information content (AvgIpc) is 1.49. The van der Waals surface area contributed by atoms with Crippen LogP contribution in [0.15, 0.2) is 129 Å². The normalized spacial score (nSPS) is 12.5. The number of hydrogen-bond acceptors (Lipinski definition) is 7. The maximum atomic E-state index is 4.49. The maximum Gasteiger partial charge on any atom is 0.0414 e. The van der Waals surface area contributed by atoms with Gasteiger partial charge in [-0.25, -0.2) is 0 Å². The van der Waals surface area contributed by atoms with Crippen LogP contribution < -0.4 is 0 Å². The van der Waals surface area contributed by atoms with Gasteiger partial charge in [-0.05, 0) is 502 Å². The summed E-state index contributed by atoms with van der Waals surface area (Å²) in [5, 5.41) is 0. The van der Waals surface area contributed by atoms with Crippen molar-refractivity contribution in [1.82, 2.24) is 34.9 Å². The molecule has 0 spiro atoms. The van der Waals surface area contributed by atoms with Gasteiger partial charge in [-0.1, -0.05) is 48.5 Å². The quantitative estimate of drug-likeness (QED) is 0.149. The molecule has 0 aliphatic heterocycles. The Morgan fingerprint density at radius 1 is 0.176 bits per heavy atom. The molecule has 0 saturated heterocycles. The zero-order valence-corrected chi connectivity index (χ0v) is 76.2. The Morgan fingerprint density at radius 3 is 1.10 bits per heavy atom. The fourth-order valence-corrected chi connectivity index (χ4v) is 20.3. The number of aryl methyl sites for hydroxylation is 17. The zero-order valence-electron chi connectivity index (χ0n) is 76.2. The molecule has 7 heterocycles. The van der Waals surface area contributed by atoms with Gasteiger partial charge in [0.15, 0.2) is 0 Å². The first-order chi connectivity index (χ1) is 56.6. The van der Waals surface area contributed by atoms with E-state index in [0.29, 0.717) is 0 Å². The fourth-order valence-electron chi connectivity index (χ4n) is 20.3. The molecule has 7 aromatic carbocycles. The smallest absolute Gasteiger partial charge is 0.0414 e. The molecule has 0 saturated carbocycles. The van der Waals surface area contributed by atoms with Crippen molar-refractivity contribution in [3.05, 3.63) is 363 Å². The lowest BCUT2D eigenvalue weighted by Gasteiger charge is -2.12. The lowest BCUT2D eigenvalue weighted by atomic mass is 9.92. The van der Waals surface area contributed by atoms with E-state index in [1.807, 2.05) is 55.8 Å². The summed E-state index contributed by atoms with van der Waals surface area (Å²) in [6.45, 7) is 61.4. The second-order valence-electron chi connectivity index (χ2n) is 35.8. The predicted molar refractivity (Wildman–Crippen MR) is 500 cm³/mol. The topological polar surface area (TPSA) is 90.2 Å². The first-order valence-corrected chi connectivity index (χ1v) is 42.9. The number of nitrogens with zero attached hydrogens (tertiary/aromatic N) is 7. The first kappa shape index (κ1) is 82.7. The summed E-state index contributed by atoms with van der Waals surface area (Å²) in [7, 11) is 0. The van der Waals surface area contributed by atoms with Gasteiger partial charge in [0.1, 0.15) is 0 Å². The van der Waals surface area contributed by atoms with Gasteiger partial charge >= 0.3 is 0 Å². The molecule has 119 heavy (non-hydrogen) atoms. The van der Waals surface area contributed by atoms with E-state index >= 15 is 0 Å². The third-order valence-electron chi connectivity index (χ3n) is 28.6. The van der Waals surface area contributed by atoms with Crippen LogP contribution in [-0.2, 0) is 44.9 Å². The molecule has 602 valence electrons. The van der Waals surface area contributed by atoms with Gasteiger partial charge in [-0.2, -0.15) is 0 Å². The minimum Gasteiger partial charge on any atom is -0.264 e. The molecule has 0 bridgehead atoms. The second-order valence-corrected chi connectivity index (χ2v) is 35.8. The van der Waals surface area contributed by atoms with Crippen LogP contribution in [0.5, 0.6) is 0 Å². The van der Waals surface area contributed by atoms with Crippen LogP contribution in [0.4, 0.5) is 0 Å². The van der Waals surface area contributed by atoms with Gasteiger partial charge < -0.3 is 0 Å². The third-order valence-corrected chi connectivity index (χ3v) is 28.6. The Balaban J connectivity index is 0.000000108. The molecule has 0 fully saturated rings. The number of hydrogen-bond donors (Lipinski definition) is 0. The molecule has 0 N–H and O–H groups in total. The SMILES string of the molecule is Cc1cc(C)c2c(c1C)Cc1c-2ccnc1C.Cc1cc(C)c2c(c1C)Cc1cncc(C)c1-2.Cc1cc2c(c(C)c1C)Cc1c-2ccnc1C.Cc1cc2c(c(C)c1C)Cc1cncc(C)c1-2.Cc1cc2c(cn1)Cc1c(C)c(C)cc(C)c1-2.Cc1cc2c(cn1)Cc1c-2cc(C)c(C)c1C.Cc1ccc2c(c1C)Cc1cnc(C)c(C)c1-2. The molecule has 7 nitrogen and oxygen atoms in total. The monoisotopic (exact) mass is 1560 g/mol. The highest BCUT2D eigenvalue weighted by Gasteiger charge is 2.31.